The first kappa shape index (κ1) is 15.0. The number of aliphatic hydroxyl groups excluding tert-OH is 1. The summed E-state index contributed by atoms with van der Waals surface area (Å²) in [5, 5.41) is 9.23. The van der Waals surface area contributed by atoms with Crippen LogP contribution >= 0.6 is 11.6 Å². The Labute approximate surface area is 122 Å². The Balaban J connectivity index is 2.18. The largest absolute Gasteiger partial charge is 0.392 e. The molecule has 1 aromatic heterocycles. The van der Waals surface area contributed by atoms with E-state index in [4.69, 9.17) is 16.7 Å². The van der Waals surface area contributed by atoms with Crippen molar-refractivity contribution >= 4 is 21.6 Å². The summed E-state index contributed by atoms with van der Waals surface area (Å²) in [6.07, 6.45) is 3.33. The quantitative estimate of drug-likeness (QED) is 0.863. The van der Waals surface area contributed by atoms with Crippen molar-refractivity contribution in [3.63, 3.8) is 0 Å². The number of nitrogens with zero attached hydrogens (tertiary/aromatic N) is 2. The molecule has 6 nitrogen and oxygen atoms in total. The molecule has 0 aliphatic heterocycles. The fourth-order valence-corrected chi connectivity index (χ4v) is 2.94. The fraction of sp³-hybridized carbons (Fsp3) is 0.250. The zero-order valence-electron chi connectivity index (χ0n) is 10.7. The number of aryl methyl sites for hydroxylation is 1. The lowest BCUT2D eigenvalue weighted by Crippen LogP contribution is -2.24. The number of imidazole rings is 1. The summed E-state index contributed by atoms with van der Waals surface area (Å²) in [6.45, 7) is -0.148. The molecule has 1 heterocycles. The Morgan fingerprint density at radius 1 is 1.45 bits per heavy atom. The highest BCUT2D eigenvalue weighted by Gasteiger charge is 2.16. The standard InChI is InChI=1S/C12H14ClN3O3S/c1-16-5-4-14-12(16)7-15-20(18,19)10-3-2-9(8-17)11(13)6-10/h2-6,15,17H,7-8H2,1H3. The topological polar surface area (TPSA) is 84.2 Å². The van der Waals surface area contributed by atoms with E-state index in [1.54, 1.807) is 24.0 Å². The van der Waals surface area contributed by atoms with E-state index in [1.165, 1.54) is 18.2 Å². The van der Waals surface area contributed by atoms with Gasteiger partial charge >= 0.3 is 0 Å². The SMILES string of the molecule is Cn1ccnc1CNS(=O)(=O)c1ccc(CO)c(Cl)c1. The van der Waals surface area contributed by atoms with Gasteiger partial charge in [-0.05, 0) is 17.7 Å². The van der Waals surface area contributed by atoms with E-state index in [9.17, 15) is 8.42 Å². The van der Waals surface area contributed by atoms with Gasteiger partial charge in [-0.2, -0.15) is 0 Å². The second kappa shape index (κ2) is 5.92. The van der Waals surface area contributed by atoms with Gasteiger partial charge in [0.15, 0.2) is 0 Å². The van der Waals surface area contributed by atoms with Crippen LogP contribution in [-0.2, 0) is 30.2 Å². The van der Waals surface area contributed by atoms with E-state index in [0.717, 1.165) is 0 Å². The van der Waals surface area contributed by atoms with Crippen molar-refractivity contribution in [3.8, 4) is 0 Å². The second-order valence-electron chi connectivity index (χ2n) is 4.19. The number of rotatable bonds is 5. The molecule has 2 N–H and O–H groups in total. The maximum absolute atomic E-state index is 12.1. The summed E-state index contributed by atoms with van der Waals surface area (Å²) in [4.78, 5) is 4.08. The minimum atomic E-state index is -3.67. The molecule has 0 saturated carbocycles. The van der Waals surface area contributed by atoms with Gasteiger partial charge in [-0.1, -0.05) is 17.7 Å². The molecule has 0 saturated heterocycles. The Morgan fingerprint density at radius 2 is 2.20 bits per heavy atom. The number of hydrogen-bond acceptors (Lipinski definition) is 4. The average Bonchev–Trinajstić information content (AvgIpc) is 2.82. The first-order valence-electron chi connectivity index (χ1n) is 5.79. The fourth-order valence-electron chi connectivity index (χ4n) is 1.63. The number of nitrogens with one attached hydrogen (secondary N) is 1. The highest BCUT2D eigenvalue weighted by molar-refractivity contribution is 7.89. The van der Waals surface area contributed by atoms with Gasteiger partial charge in [-0.25, -0.2) is 18.1 Å². The summed E-state index contributed by atoms with van der Waals surface area (Å²) in [6, 6.07) is 4.20. The maximum Gasteiger partial charge on any atom is 0.241 e. The molecule has 0 unspecified atom stereocenters. The summed E-state index contributed by atoms with van der Waals surface area (Å²) in [5.74, 6) is 0.603. The molecule has 0 amide bonds. The lowest BCUT2D eigenvalue weighted by molar-refractivity contribution is 0.282. The van der Waals surface area contributed by atoms with E-state index in [1.807, 2.05) is 0 Å². The number of aliphatic hydroxyl groups is 1. The highest BCUT2D eigenvalue weighted by atomic mass is 35.5. The van der Waals surface area contributed by atoms with Gasteiger partial charge in [0.2, 0.25) is 10.0 Å². The van der Waals surface area contributed by atoms with Crippen LogP contribution < -0.4 is 4.72 Å². The second-order valence-corrected chi connectivity index (χ2v) is 6.36. The monoisotopic (exact) mass is 315 g/mol. The predicted molar refractivity (Wildman–Crippen MR) is 74.6 cm³/mol. The first-order chi connectivity index (χ1) is 9.44. The molecule has 0 radical (unpaired) electrons. The zero-order valence-corrected chi connectivity index (χ0v) is 12.3. The number of hydrogen-bond donors (Lipinski definition) is 2. The molecule has 0 bridgehead atoms. The number of benzene rings is 1. The van der Waals surface area contributed by atoms with Gasteiger partial charge in [0.25, 0.3) is 0 Å². The van der Waals surface area contributed by atoms with Crippen molar-refractivity contribution in [3.05, 3.63) is 47.0 Å². The van der Waals surface area contributed by atoms with Gasteiger partial charge in [-0.3, -0.25) is 0 Å². The minimum absolute atomic E-state index is 0.0499. The predicted octanol–water partition coefficient (Wildman–Crippen LogP) is 1.04. The molecule has 20 heavy (non-hydrogen) atoms. The Bertz CT molecular complexity index is 712. The van der Waals surface area contributed by atoms with Crippen LogP contribution in [0.15, 0.2) is 35.5 Å². The summed E-state index contributed by atoms with van der Waals surface area (Å²) < 4.78 is 28.4. The Hall–Kier alpha value is -1.41. The molecule has 0 atom stereocenters. The van der Waals surface area contributed by atoms with Crippen LogP contribution in [0.5, 0.6) is 0 Å². The van der Waals surface area contributed by atoms with Crippen LogP contribution in [0.4, 0.5) is 0 Å². The van der Waals surface area contributed by atoms with Crippen LogP contribution in [0.1, 0.15) is 11.4 Å². The normalized spacial score (nSPS) is 11.8. The van der Waals surface area contributed by atoms with Crippen molar-refractivity contribution in [1.82, 2.24) is 14.3 Å². The van der Waals surface area contributed by atoms with Crippen LogP contribution in [0.25, 0.3) is 0 Å². The van der Waals surface area contributed by atoms with Gasteiger partial charge in [0.05, 0.1) is 18.0 Å². The number of aromatic nitrogens is 2. The van der Waals surface area contributed by atoms with Crippen molar-refractivity contribution in [1.29, 1.82) is 0 Å². The third kappa shape index (κ3) is 3.18. The van der Waals surface area contributed by atoms with Gasteiger partial charge < -0.3 is 9.67 Å². The van der Waals surface area contributed by atoms with Crippen LogP contribution in [0.2, 0.25) is 5.02 Å². The molecule has 2 rings (SSSR count). The molecule has 0 aliphatic rings. The molecule has 0 spiro atoms. The van der Waals surface area contributed by atoms with Gasteiger partial charge in [0, 0.05) is 24.5 Å². The van der Waals surface area contributed by atoms with E-state index in [2.05, 4.69) is 9.71 Å². The number of halogens is 1. The van der Waals surface area contributed by atoms with E-state index < -0.39 is 10.0 Å². The zero-order chi connectivity index (χ0) is 14.8. The maximum atomic E-state index is 12.1. The lowest BCUT2D eigenvalue weighted by atomic mass is 10.2. The lowest BCUT2D eigenvalue weighted by Gasteiger charge is -2.08. The molecule has 2 aromatic rings. The van der Waals surface area contributed by atoms with E-state index >= 15 is 0 Å². The van der Waals surface area contributed by atoms with Crippen LogP contribution in [0.3, 0.4) is 0 Å². The molecule has 8 heteroatoms. The Morgan fingerprint density at radius 3 is 2.75 bits per heavy atom. The van der Waals surface area contributed by atoms with Crippen LogP contribution in [-0.4, -0.2) is 23.1 Å². The molecule has 0 aliphatic carbocycles. The van der Waals surface area contributed by atoms with Crippen molar-refractivity contribution in [2.75, 3.05) is 0 Å². The minimum Gasteiger partial charge on any atom is -0.392 e. The molecular weight excluding hydrogens is 302 g/mol. The third-order valence-electron chi connectivity index (χ3n) is 2.85. The smallest absolute Gasteiger partial charge is 0.241 e. The van der Waals surface area contributed by atoms with Crippen molar-refractivity contribution in [2.45, 2.75) is 18.0 Å². The molecule has 108 valence electrons. The highest BCUT2D eigenvalue weighted by Crippen LogP contribution is 2.20. The first-order valence-corrected chi connectivity index (χ1v) is 7.65. The Kier molecular flexibility index (Phi) is 4.44. The average molecular weight is 316 g/mol. The van der Waals surface area contributed by atoms with Gasteiger partial charge in [-0.15, -0.1) is 0 Å². The molecular formula is C12H14ClN3O3S. The summed E-state index contributed by atoms with van der Waals surface area (Å²) in [7, 11) is -1.89. The van der Waals surface area contributed by atoms with Crippen LogP contribution in [0, 0.1) is 0 Å². The summed E-state index contributed by atoms with van der Waals surface area (Å²) in [5.41, 5.74) is 0.481. The van der Waals surface area contributed by atoms with Crippen molar-refractivity contribution < 1.29 is 13.5 Å². The third-order valence-corrected chi connectivity index (χ3v) is 4.60. The summed E-state index contributed by atoms with van der Waals surface area (Å²) >= 11 is 5.89. The molecule has 0 fully saturated rings. The number of sulfonamides is 1. The van der Waals surface area contributed by atoms with Gasteiger partial charge in [0.1, 0.15) is 5.82 Å². The van der Waals surface area contributed by atoms with E-state index in [-0.39, 0.29) is 23.1 Å². The van der Waals surface area contributed by atoms with Crippen molar-refractivity contribution in [2.24, 2.45) is 7.05 Å². The van der Waals surface area contributed by atoms with E-state index in [0.29, 0.717) is 11.4 Å². The molecule has 1 aromatic carbocycles.